The molecule has 1 unspecified atom stereocenters. The molecule has 0 radical (unpaired) electrons. The maximum absolute atomic E-state index is 13.0. The number of hydrogen-bond donors (Lipinski definition) is 1. The fourth-order valence-electron chi connectivity index (χ4n) is 4.14. The molecular formula is C24H36N4O3S. The Balaban J connectivity index is 1.63. The predicted molar refractivity (Wildman–Crippen MR) is 126 cm³/mol. The number of carbonyl (C=O) groups is 1. The van der Waals surface area contributed by atoms with Gasteiger partial charge in [0.2, 0.25) is 5.91 Å². The predicted octanol–water partition coefficient (Wildman–Crippen LogP) is 3.77. The molecular weight excluding hydrogens is 424 g/mol. The summed E-state index contributed by atoms with van der Waals surface area (Å²) in [6.45, 7) is 11.0. The van der Waals surface area contributed by atoms with Gasteiger partial charge in [-0.05, 0) is 42.7 Å². The smallest absolute Gasteiger partial charge is 0.262 e. The first-order valence-electron chi connectivity index (χ1n) is 11.4. The second-order valence-corrected chi connectivity index (χ2v) is 11.4. The van der Waals surface area contributed by atoms with Crippen molar-refractivity contribution in [3.63, 3.8) is 0 Å². The van der Waals surface area contributed by atoms with E-state index >= 15 is 0 Å². The first kappa shape index (κ1) is 24.5. The Morgan fingerprint density at radius 2 is 1.62 bits per heavy atom. The summed E-state index contributed by atoms with van der Waals surface area (Å²) < 4.78 is 29.0. The van der Waals surface area contributed by atoms with Gasteiger partial charge >= 0.3 is 0 Å². The molecule has 8 heteroatoms. The third kappa shape index (κ3) is 5.23. The molecule has 3 rings (SSSR count). The van der Waals surface area contributed by atoms with E-state index in [2.05, 4.69) is 62.3 Å². The summed E-state index contributed by atoms with van der Waals surface area (Å²) in [5.41, 5.74) is 2.38. The third-order valence-electron chi connectivity index (χ3n) is 6.44. The SMILES string of the molecule is Cc1nc(S(=O)(=O)N2CCC(C(=O)NC(c3ccc(C(C)C)cc3)C(C)C)CC2)cn1C. The molecule has 1 N–H and O–H groups in total. The number of nitrogens with zero attached hydrogens (tertiary/aromatic N) is 3. The van der Waals surface area contributed by atoms with Crippen LogP contribution in [0, 0.1) is 18.8 Å². The number of nitrogens with one attached hydrogen (secondary N) is 1. The summed E-state index contributed by atoms with van der Waals surface area (Å²) in [5, 5.41) is 3.30. The minimum Gasteiger partial charge on any atom is -0.349 e. The second-order valence-electron chi connectivity index (χ2n) is 9.47. The number of carbonyl (C=O) groups excluding carboxylic acids is 1. The Kier molecular flexibility index (Phi) is 7.45. The van der Waals surface area contributed by atoms with Gasteiger partial charge in [-0.25, -0.2) is 13.4 Å². The molecule has 1 aliphatic heterocycles. The molecule has 32 heavy (non-hydrogen) atoms. The van der Waals surface area contributed by atoms with Crippen LogP contribution in [-0.4, -0.2) is 41.3 Å². The molecule has 1 atom stereocenters. The van der Waals surface area contributed by atoms with Gasteiger partial charge in [-0.3, -0.25) is 4.79 Å². The Hall–Kier alpha value is -2.19. The standard InChI is InChI=1S/C24H36N4O3S/c1-16(2)19-7-9-20(10-8-19)23(17(3)4)26-24(29)21-11-13-28(14-12-21)32(30,31)22-15-27(6)18(5)25-22/h7-10,15-17,21,23H,11-14H2,1-6H3,(H,26,29). The van der Waals surface area contributed by atoms with Crippen molar-refractivity contribution in [2.75, 3.05) is 13.1 Å². The molecule has 0 bridgehead atoms. The van der Waals surface area contributed by atoms with Crippen molar-refractivity contribution in [1.82, 2.24) is 19.2 Å². The van der Waals surface area contributed by atoms with Crippen LogP contribution in [0.25, 0.3) is 0 Å². The van der Waals surface area contributed by atoms with Gasteiger partial charge in [0.05, 0.1) is 6.04 Å². The molecule has 7 nitrogen and oxygen atoms in total. The van der Waals surface area contributed by atoms with E-state index in [-0.39, 0.29) is 28.8 Å². The lowest BCUT2D eigenvalue weighted by atomic mass is 9.91. The Bertz CT molecular complexity index is 1010. The number of benzene rings is 1. The summed E-state index contributed by atoms with van der Waals surface area (Å²) >= 11 is 0. The zero-order valence-corrected chi connectivity index (χ0v) is 20.8. The molecule has 0 aliphatic carbocycles. The zero-order chi connectivity index (χ0) is 23.6. The number of hydrogen-bond acceptors (Lipinski definition) is 4. The van der Waals surface area contributed by atoms with E-state index in [1.54, 1.807) is 24.7 Å². The normalized spacial score (nSPS) is 17.1. The Morgan fingerprint density at radius 1 is 1.06 bits per heavy atom. The Morgan fingerprint density at radius 3 is 2.09 bits per heavy atom. The van der Waals surface area contributed by atoms with Gasteiger partial charge < -0.3 is 9.88 Å². The number of amides is 1. The topological polar surface area (TPSA) is 84.3 Å². The molecule has 176 valence electrons. The van der Waals surface area contributed by atoms with E-state index in [1.165, 1.54) is 9.87 Å². The quantitative estimate of drug-likeness (QED) is 0.682. The second kappa shape index (κ2) is 9.75. The molecule has 2 heterocycles. The highest BCUT2D eigenvalue weighted by Crippen LogP contribution is 2.27. The minimum absolute atomic E-state index is 0.00219. The van der Waals surface area contributed by atoms with Crippen molar-refractivity contribution in [3.05, 3.63) is 47.4 Å². The van der Waals surface area contributed by atoms with E-state index in [0.717, 1.165) is 5.56 Å². The van der Waals surface area contributed by atoms with Crippen LogP contribution in [0.5, 0.6) is 0 Å². The molecule has 1 aliphatic rings. The van der Waals surface area contributed by atoms with Crippen LogP contribution >= 0.6 is 0 Å². The largest absolute Gasteiger partial charge is 0.349 e. The maximum atomic E-state index is 13.0. The highest BCUT2D eigenvalue weighted by molar-refractivity contribution is 7.89. The lowest BCUT2D eigenvalue weighted by Crippen LogP contribution is -2.44. The van der Waals surface area contributed by atoms with Gasteiger partial charge in [-0.2, -0.15) is 4.31 Å². The van der Waals surface area contributed by atoms with E-state index in [1.807, 2.05) is 0 Å². The van der Waals surface area contributed by atoms with Gasteiger partial charge in [-0.1, -0.05) is 52.0 Å². The van der Waals surface area contributed by atoms with Crippen molar-refractivity contribution in [2.45, 2.75) is 64.4 Å². The lowest BCUT2D eigenvalue weighted by Gasteiger charge is -2.32. The zero-order valence-electron chi connectivity index (χ0n) is 20.0. The van der Waals surface area contributed by atoms with E-state index < -0.39 is 10.0 Å². The molecule has 0 spiro atoms. The highest BCUT2D eigenvalue weighted by Gasteiger charge is 2.34. The van der Waals surface area contributed by atoms with E-state index in [4.69, 9.17) is 0 Å². The van der Waals surface area contributed by atoms with Crippen LogP contribution in [0.2, 0.25) is 0 Å². The van der Waals surface area contributed by atoms with Crippen molar-refractivity contribution < 1.29 is 13.2 Å². The van der Waals surface area contributed by atoms with Gasteiger partial charge in [0, 0.05) is 32.3 Å². The van der Waals surface area contributed by atoms with Gasteiger partial charge in [0.15, 0.2) is 5.03 Å². The van der Waals surface area contributed by atoms with Crippen molar-refractivity contribution in [3.8, 4) is 0 Å². The first-order valence-corrected chi connectivity index (χ1v) is 12.8. The average molecular weight is 461 g/mol. The number of piperidine rings is 1. The van der Waals surface area contributed by atoms with Crippen LogP contribution in [0.15, 0.2) is 35.5 Å². The van der Waals surface area contributed by atoms with Crippen LogP contribution in [-0.2, 0) is 21.9 Å². The summed E-state index contributed by atoms with van der Waals surface area (Å²) in [6, 6.07) is 8.39. The fraction of sp³-hybridized carbons (Fsp3) is 0.583. The van der Waals surface area contributed by atoms with Crippen molar-refractivity contribution in [2.24, 2.45) is 18.9 Å². The number of imidazole rings is 1. The molecule has 1 amide bonds. The van der Waals surface area contributed by atoms with Crippen molar-refractivity contribution in [1.29, 1.82) is 0 Å². The first-order chi connectivity index (χ1) is 15.0. The van der Waals surface area contributed by atoms with E-state index in [9.17, 15) is 13.2 Å². The number of aryl methyl sites for hydroxylation is 2. The molecule has 1 aromatic heterocycles. The number of sulfonamides is 1. The van der Waals surface area contributed by atoms with Crippen LogP contribution in [0.4, 0.5) is 0 Å². The van der Waals surface area contributed by atoms with Gasteiger partial charge in [0.25, 0.3) is 10.0 Å². The summed E-state index contributed by atoms with van der Waals surface area (Å²) in [4.78, 5) is 17.2. The molecule has 1 aromatic carbocycles. The highest BCUT2D eigenvalue weighted by atomic mass is 32.2. The van der Waals surface area contributed by atoms with Crippen LogP contribution < -0.4 is 5.32 Å². The molecule has 1 fully saturated rings. The molecule has 1 saturated heterocycles. The molecule has 2 aromatic rings. The van der Waals surface area contributed by atoms with Crippen molar-refractivity contribution >= 4 is 15.9 Å². The molecule has 0 saturated carbocycles. The summed E-state index contributed by atoms with van der Waals surface area (Å²) in [5.74, 6) is 1.17. The maximum Gasteiger partial charge on any atom is 0.262 e. The third-order valence-corrected chi connectivity index (χ3v) is 8.21. The lowest BCUT2D eigenvalue weighted by molar-refractivity contribution is -0.127. The van der Waals surface area contributed by atoms with Gasteiger partial charge in [-0.15, -0.1) is 0 Å². The summed E-state index contributed by atoms with van der Waals surface area (Å²) in [7, 11) is -1.86. The van der Waals surface area contributed by atoms with Crippen LogP contribution in [0.1, 0.15) is 69.4 Å². The van der Waals surface area contributed by atoms with Crippen LogP contribution in [0.3, 0.4) is 0 Å². The summed E-state index contributed by atoms with van der Waals surface area (Å²) in [6.07, 6.45) is 2.56. The Labute approximate surface area is 192 Å². The number of aromatic nitrogens is 2. The minimum atomic E-state index is -3.63. The van der Waals surface area contributed by atoms with Gasteiger partial charge in [0.1, 0.15) is 5.82 Å². The average Bonchev–Trinajstić information content (AvgIpc) is 3.11. The van der Waals surface area contributed by atoms with E-state index in [0.29, 0.717) is 37.7 Å². The monoisotopic (exact) mass is 460 g/mol. The fourth-order valence-corrected chi connectivity index (χ4v) is 5.63. The number of rotatable bonds is 7.